The zero-order chi connectivity index (χ0) is 11.0. The van der Waals surface area contributed by atoms with E-state index in [1.165, 1.54) is 0 Å². The summed E-state index contributed by atoms with van der Waals surface area (Å²) in [4.78, 5) is 0. The minimum atomic E-state index is -3.09. The Hall–Kier alpha value is -0.130. The van der Waals surface area contributed by atoms with Gasteiger partial charge in [0, 0.05) is 12.6 Å². The van der Waals surface area contributed by atoms with Crippen LogP contribution in [0.25, 0.3) is 0 Å². The Labute approximate surface area is 87.3 Å². The van der Waals surface area contributed by atoms with Gasteiger partial charge >= 0.3 is 0 Å². The van der Waals surface area contributed by atoms with Crippen LogP contribution in [-0.4, -0.2) is 26.8 Å². The molecule has 0 saturated carbocycles. The van der Waals surface area contributed by atoms with Gasteiger partial charge in [-0.25, -0.2) is 13.1 Å². The van der Waals surface area contributed by atoms with Crippen molar-refractivity contribution in [1.82, 2.24) is 4.72 Å². The molecule has 0 spiro atoms. The van der Waals surface area contributed by atoms with Gasteiger partial charge in [-0.05, 0) is 12.8 Å². The van der Waals surface area contributed by atoms with Crippen molar-refractivity contribution in [2.75, 3.05) is 12.3 Å². The van der Waals surface area contributed by atoms with Gasteiger partial charge in [0.1, 0.15) is 0 Å². The van der Waals surface area contributed by atoms with Gasteiger partial charge in [0.25, 0.3) is 0 Å². The maximum absolute atomic E-state index is 11.3. The van der Waals surface area contributed by atoms with E-state index in [1.807, 2.05) is 13.8 Å². The average molecular weight is 222 g/mol. The first-order chi connectivity index (χ1) is 6.52. The average Bonchev–Trinajstić information content (AvgIpc) is 2.13. The third-order valence-corrected chi connectivity index (χ3v) is 3.42. The van der Waals surface area contributed by atoms with Gasteiger partial charge in [-0.1, -0.05) is 26.7 Å². The fourth-order valence-corrected chi connectivity index (χ4v) is 2.39. The summed E-state index contributed by atoms with van der Waals surface area (Å²) in [5.41, 5.74) is 5.69. The molecule has 4 nitrogen and oxygen atoms in total. The van der Waals surface area contributed by atoms with Crippen LogP contribution >= 0.6 is 0 Å². The van der Waals surface area contributed by atoms with E-state index in [-0.39, 0.29) is 11.8 Å². The van der Waals surface area contributed by atoms with Crippen LogP contribution in [0.4, 0.5) is 0 Å². The van der Waals surface area contributed by atoms with Gasteiger partial charge in [0.2, 0.25) is 10.0 Å². The third-order valence-electron chi connectivity index (χ3n) is 1.99. The van der Waals surface area contributed by atoms with Crippen molar-refractivity contribution in [1.29, 1.82) is 0 Å². The smallest absolute Gasteiger partial charge is 0.211 e. The molecule has 0 aromatic rings. The second kappa shape index (κ2) is 7.20. The van der Waals surface area contributed by atoms with Crippen LogP contribution in [0.5, 0.6) is 0 Å². The molecule has 86 valence electrons. The SMILES string of the molecule is CCCCS(=O)(=O)NCC(N)CCC. The Morgan fingerprint density at radius 2 is 1.93 bits per heavy atom. The Balaban J connectivity index is 3.75. The largest absolute Gasteiger partial charge is 0.327 e. The monoisotopic (exact) mass is 222 g/mol. The lowest BCUT2D eigenvalue weighted by Gasteiger charge is -2.11. The predicted octanol–water partition coefficient (Wildman–Crippen LogP) is 0.833. The highest BCUT2D eigenvalue weighted by Gasteiger charge is 2.10. The predicted molar refractivity (Wildman–Crippen MR) is 59.6 cm³/mol. The summed E-state index contributed by atoms with van der Waals surface area (Å²) in [7, 11) is -3.09. The van der Waals surface area contributed by atoms with Crippen molar-refractivity contribution in [3.63, 3.8) is 0 Å². The molecule has 0 aliphatic heterocycles. The summed E-state index contributed by atoms with van der Waals surface area (Å²) in [5, 5.41) is 0. The van der Waals surface area contributed by atoms with E-state index in [0.717, 1.165) is 19.3 Å². The summed E-state index contributed by atoms with van der Waals surface area (Å²) in [6.07, 6.45) is 3.44. The van der Waals surface area contributed by atoms with Gasteiger partial charge in [0.15, 0.2) is 0 Å². The van der Waals surface area contributed by atoms with Crippen molar-refractivity contribution in [2.24, 2.45) is 5.73 Å². The maximum Gasteiger partial charge on any atom is 0.211 e. The lowest BCUT2D eigenvalue weighted by molar-refractivity contribution is 0.550. The van der Waals surface area contributed by atoms with E-state index >= 15 is 0 Å². The van der Waals surface area contributed by atoms with Crippen LogP contribution in [0.15, 0.2) is 0 Å². The number of rotatable bonds is 8. The molecule has 3 N–H and O–H groups in total. The lowest BCUT2D eigenvalue weighted by Crippen LogP contribution is -2.38. The molecular weight excluding hydrogens is 200 g/mol. The molecule has 0 aliphatic rings. The second-order valence-corrected chi connectivity index (χ2v) is 5.50. The minimum Gasteiger partial charge on any atom is -0.327 e. The van der Waals surface area contributed by atoms with Gasteiger partial charge in [-0.2, -0.15) is 0 Å². The van der Waals surface area contributed by atoms with Gasteiger partial charge in [-0.3, -0.25) is 0 Å². The van der Waals surface area contributed by atoms with Gasteiger partial charge in [-0.15, -0.1) is 0 Å². The maximum atomic E-state index is 11.3. The molecule has 0 radical (unpaired) electrons. The van der Waals surface area contributed by atoms with Crippen LogP contribution in [0, 0.1) is 0 Å². The fourth-order valence-electron chi connectivity index (χ4n) is 1.11. The number of hydrogen-bond acceptors (Lipinski definition) is 3. The first-order valence-electron chi connectivity index (χ1n) is 5.24. The Morgan fingerprint density at radius 3 is 2.43 bits per heavy atom. The Morgan fingerprint density at radius 1 is 1.29 bits per heavy atom. The van der Waals surface area contributed by atoms with E-state index in [1.54, 1.807) is 0 Å². The highest BCUT2D eigenvalue weighted by Crippen LogP contribution is 1.95. The molecule has 5 heteroatoms. The van der Waals surface area contributed by atoms with E-state index in [9.17, 15) is 8.42 Å². The molecule has 0 fully saturated rings. The van der Waals surface area contributed by atoms with Crippen molar-refractivity contribution >= 4 is 10.0 Å². The molecule has 0 bridgehead atoms. The summed E-state index contributed by atoms with van der Waals surface area (Å²) >= 11 is 0. The summed E-state index contributed by atoms with van der Waals surface area (Å²) < 4.78 is 25.2. The quantitative estimate of drug-likeness (QED) is 0.639. The van der Waals surface area contributed by atoms with E-state index in [2.05, 4.69) is 4.72 Å². The number of sulfonamides is 1. The van der Waals surface area contributed by atoms with Crippen LogP contribution in [0.3, 0.4) is 0 Å². The minimum absolute atomic E-state index is 0.0589. The van der Waals surface area contributed by atoms with Crippen LogP contribution in [0.2, 0.25) is 0 Å². The lowest BCUT2D eigenvalue weighted by atomic mass is 10.2. The van der Waals surface area contributed by atoms with Crippen molar-refractivity contribution in [3.05, 3.63) is 0 Å². The second-order valence-electron chi connectivity index (χ2n) is 3.57. The van der Waals surface area contributed by atoms with E-state index in [4.69, 9.17) is 5.73 Å². The van der Waals surface area contributed by atoms with Crippen LogP contribution in [0.1, 0.15) is 39.5 Å². The van der Waals surface area contributed by atoms with Crippen LogP contribution < -0.4 is 10.5 Å². The molecule has 1 unspecified atom stereocenters. The Kier molecular flexibility index (Phi) is 7.13. The summed E-state index contributed by atoms with van der Waals surface area (Å²) in [5.74, 6) is 0.211. The Bertz CT molecular complexity index is 227. The third kappa shape index (κ3) is 7.29. The molecule has 0 aliphatic carbocycles. The summed E-state index contributed by atoms with van der Waals surface area (Å²) in [6, 6.07) is -0.0589. The number of unbranched alkanes of at least 4 members (excludes halogenated alkanes) is 1. The highest BCUT2D eigenvalue weighted by molar-refractivity contribution is 7.89. The molecule has 0 saturated heterocycles. The standard InChI is InChI=1S/C9H22N2O2S/c1-3-5-7-14(12,13)11-8-9(10)6-4-2/h9,11H,3-8,10H2,1-2H3. The van der Waals surface area contributed by atoms with Crippen molar-refractivity contribution in [2.45, 2.75) is 45.6 Å². The molecule has 0 heterocycles. The number of nitrogens with two attached hydrogens (primary N) is 1. The highest BCUT2D eigenvalue weighted by atomic mass is 32.2. The first kappa shape index (κ1) is 13.9. The molecule has 0 aromatic carbocycles. The molecule has 14 heavy (non-hydrogen) atoms. The first-order valence-corrected chi connectivity index (χ1v) is 6.90. The molecule has 0 rings (SSSR count). The summed E-state index contributed by atoms with van der Waals surface area (Å²) in [6.45, 7) is 4.36. The topological polar surface area (TPSA) is 72.2 Å². The van der Waals surface area contributed by atoms with Crippen molar-refractivity contribution < 1.29 is 8.42 Å². The number of hydrogen-bond donors (Lipinski definition) is 2. The van der Waals surface area contributed by atoms with Gasteiger partial charge in [0.05, 0.1) is 5.75 Å². The fraction of sp³-hybridized carbons (Fsp3) is 1.00. The molecule has 0 amide bonds. The van der Waals surface area contributed by atoms with Gasteiger partial charge < -0.3 is 5.73 Å². The van der Waals surface area contributed by atoms with Crippen LogP contribution in [-0.2, 0) is 10.0 Å². The normalized spacial score (nSPS) is 14.2. The van der Waals surface area contributed by atoms with E-state index in [0.29, 0.717) is 13.0 Å². The molecule has 0 aromatic heterocycles. The number of nitrogens with one attached hydrogen (secondary N) is 1. The van der Waals surface area contributed by atoms with Crippen molar-refractivity contribution in [3.8, 4) is 0 Å². The zero-order valence-corrected chi connectivity index (χ0v) is 9.94. The van der Waals surface area contributed by atoms with E-state index < -0.39 is 10.0 Å². The molecule has 1 atom stereocenters. The molecular formula is C9H22N2O2S. The zero-order valence-electron chi connectivity index (χ0n) is 9.12.